The van der Waals surface area contributed by atoms with E-state index in [2.05, 4.69) is 45.1 Å². The number of rotatable bonds is 7. The van der Waals surface area contributed by atoms with Crippen LogP contribution < -0.4 is 5.32 Å². The summed E-state index contributed by atoms with van der Waals surface area (Å²) in [6.07, 6.45) is 6.31. The van der Waals surface area contributed by atoms with Gasteiger partial charge in [0.15, 0.2) is 5.82 Å². The molecule has 1 aliphatic carbocycles. The van der Waals surface area contributed by atoms with Crippen LogP contribution in [0.4, 0.5) is 0 Å². The number of amides is 1. The molecule has 2 aromatic carbocycles. The van der Waals surface area contributed by atoms with Crippen LogP contribution in [0.2, 0.25) is 0 Å². The predicted octanol–water partition coefficient (Wildman–Crippen LogP) is 4.02. The van der Waals surface area contributed by atoms with Crippen LogP contribution >= 0.6 is 0 Å². The maximum atomic E-state index is 12.8. The molecule has 1 fully saturated rings. The largest absolute Gasteiger partial charge is 0.349 e. The number of carbonyl (C=O) groups excluding carboxylic acids is 1. The minimum absolute atomic E-state index is 0.000834. The van der Waals surface area contributed by atoms with Crippen molar-refractivity contribution in [1.82, 2.24) is 25.5 Å². The van der Waals surface area contributed by atoms with Crippen LogP contribution in [0, 0.1) is 0 Å². The van der Waals surface area contributed by atoms with Gasteiger partial charge in [-0.25, -0.2) is 4.68 Å². The van der Waals surface area contributed by atoms with Crippen molar-refractivity contribution in [3.63, 3.8) is 0 Å². The Bertz CT molecular complexity index is 864. The molecule has 3 aromatic rings. The van der Waals surface area contributed by atoms with E-state index >= 15 is 0 Å². The topological polar surface area (TPSA) is 72.7 Å². The monoisotopic (exact) mass is 389 g/mol. The smallest absolute Gasteiger partial charge is 0.221 e. The van der Waals surface area contributed by atoms with E-state index in [9.17, 15) is 4.79 Å². The van der Waals surface area contributed by atoms with E-state index < -0.39 is 0 Å². The van der Waals surface area contributed by atoms with E-state index in [-0.39, 0.29) is 11.8 Å². The van der Waals surface area contributed by atoms with Gasteiger partial charge in [-0.3, -0.25) is 4.79 Å². The minimum Gasteiger partial charge on any atom is -0.349 e. The molecule has 0 aliphatic heterocycles. The summed E-state index contributed by atoms with van der Waals surface area (Å²) in [6, 6.07) is 20.7. The van der Waals surface area contributed by atoms with Gasteiger partial charge < -0.3 is 5.32 Å². The van der Waals surface area contributed by atoms with Gasteiger partial charge in [-0.1, -0.05) is 79.9 Å². The van der Waals surface area contributed by atoms with Crippen LogP contribution in [0.1, 0.15) is 67.4 Å². The molecular formula is C23H27N5O. The fourth-order valence-electron chi connectivity index (χ4n) is 4.17. The number of nitrogens with zero attached hydrogens (tertiary/aromatic N) is 4. The van der Waals surface area contributed by atoms with E-state index in [1.165, 1.54) is 19.3 Å². The third kappa shape index (κ3) is 4.88. The van der Waals surface area contributed by atoms with Crippen molar-refractivity contribution < 1.29 is 4.79 Å². The van der Waals surface area contributed by atoms with Crippen molar-refractivity contribution in [2.24, 2.45) is 0 Å². The number of hydrogen-bond donors (Lipinski definition) is 1. The highest BCUT2D eigenvalue weighted by Crippen LogP contribution is 2.29. The zero-order valence-electron chi connectivity index (χ0n) is 16.6. The molecule has 0 spiro atoms. The summed E-state index contributed by atoms with van der Waals surface area (Å²) < 4.78 is 1.91. The summed E-state index contributed by atoms with van der Waals surface area (Å²) in [5.41, 5.74) is 2.28. The molecule has 1 aliphatic rings. The van der Waals surface area contributed by atoms with Crippen molar-refractivity contribution in [3.8, 4) is 0 Å². The normalized spacial score (nSPS) is 14.8. The quantitative estimate of drug-likeness (QED) is 0.662. The maximum Gasteiger partial charge on any atom is 0.221 e. The number of hydrogen-bond acceptors (Lipinski definition) is 4. The second-order valence-corrected chi connectivity index (χ2v) is 7.69. The molecule has 0 radical (unpaired) electrons. The number of benzene rings is 2. The first-order chi connectivity index (χ1) is 14.3. The first-order valence-electron chi connectivity index (χ1n) is 10.4. The third-order valence-corrected chi connectivity index (χ3v) is 5.72. The zero-order valence-corrected chi connectivity index (χ0v) is 16.6. The Morgan fingerprint density at radius 3 is 2.21 bits per heavy atom. The van der Waals surface area contributed by atoms with Crippen molar-refractivity contribution in [2.75, 3.05) is 0 Å². The molecule has 0 unspecified atom stereocenters. The summed E-state index contributed by atoms with van der Waals surface area (Å²) >= 11 is 0. The lowest BCUT2D eigenvalue weighted by Crippen LogP contribution is -2.28. The first kappa shape index (κ1) is 19.3. The Kier molecular flexibility index (Phi) is 6.29. The van der Waals surface area contributed by atoms with E-state index in [0.29, 0.717) is 19.0 Å². The summed E-state index contributed by atoms with van der Waals surface area (Å²) in [4.78, 5) is 12.8. The molecule has 0 saturated heterocycles. The fraction of sp³-hybridized carbons (Fsp3) is 0.391. The molecule has 0 atom stereocenters. The van der Waals surface area contributed by atoms with Gasteiger partial charge in [0.05, 0.1) is 12.6 Å². The van der Waals surface area contributed by atoms with Gasteiger partial charge in [0.2, 0.25) is 5.91 Å². The summed E-state index contributed by atoms with van der Waals surface area (Å²) in [6.45, 7) is 0.360. The Morgan fingerprint density at radius 1 is 0.966 bits per heavy atom. The Labute approximate surface area is 171 Å². The van der Waals surface area contributed by atoms with E-state index in [0.717, 1.165) is 29.8 Å². The fourth-order valence-corrected chi connectivity index (χ4v) is 4.17. The van der Waals surface area contributed by atoms with E-state index in [1.54, 1.807) is 0 Å². The minimum atomic E-state index is 0.000834. The zero-order chi connectivity index (χ0) is 19.9. The second-order valence-electron chi connectivity index (χ2n) is 7.69. The molecule has 1 amide bonds. The average molecular weight is 390 g/mol. The predicted molar refractivity (Wildman–Crippen MR) is 111 cm³/mol. The van der Waals surface area contributed by atoms with Crippen LogP contribution in [0.5, 0.6) is 0 Å². The van der Waals surface area contributed by atoms with Gasteiger partial charge in [0.25, 0.3) is 0 Å². The highest BCUT2D eigenvalue weighted by molar-refractivity contribution is 5.77. The average Bonchev–Trinajstić information content (AvgIpc) is 3.26. The molecule has 0 bridgehead atoms. The number of carbonyl (C=O) groups is 1. The summed E-state index contributed by atoms with van der Waals surface area (Å²) in [5, 5.41) is 15.2. The molecule has 6 nitrogen and oxygen atoms in total. The second kappa shape index (κ2) is 9.45. The van der Waals surface area contributed by atoms with Crippen molar-refractivity contribution in [2.45, 2.75) is 57.0 Å². The molecule has 1 heterocycles. The van der Waals surface area contributed by atoms with Gasteiger partial charge in [-0.05, 0) is 34.4 Å². The van der Waals surface area contributed by atoms with Crippen LogP contribution in [0.3, 0.4) is 0 Å². The van der Waals surface area contributed by atoms with Crippen LogP contribution in [-0.4, -0.2) is 26.1 Å². The van der Waals surface area contributed by atoms with Crippen molar-refractivity contribution in [3.05, 3.63) is 77.6 Å². The van der Waals surface area contributed by atoms with Crippen molar-refractivity contribution in [1.29, 1.82) is 0 Å². The molecular weight excluding hydrogens is 362 g/mol. The van der Waals surface area contributed by atoms with Crippen molar-refractivity contribution >= 4 is 5.91 Å². The molecule has 1 aromatic heterocycles. The third-order valence-electron chi connectivity index (χ3n) is 5.72. The maximum absolute atomic E-state index is 12.8. The van der Waals surface area contributed by atoms with E-state index in [4.69, 9.17) is 0 Å². The van der Waals surface area contributed by atoms with Crippen LogP contribution in [-0.2, 0) is 11.3 Å². The van der Waals surface area contributed by atoms with Crippen LogP contribution in [0.25, 0.3) is 0 Å². The molecule has 1 N–H and O–H groups in total. The Hall–Kier alpha value is -3.02. The van der Waals surface area contributed by atoms with Crippen LogP contribution in [0.15, 0.2) is 60.7 Å². The standard InChI is InChI=1S/C23H27N5O/c29-23(24-17-22-25-26-27-28(22)20-14-8-3-9-15-20)16-21(18-10-4-1-5-11-18)19-12-6-2-7-13-19/h1-2,4-7,10-13,20-21H,3,8-9,14-17H2,(H,24,29). The summed E-state index contributed by atoms with van der Waals surface area (Å²) in [7, 11) is 0. The molecule has 4 rings (SSSR count). The Morgan fingerprint density at radius 2 is 1.59 bits per heavy atom. The Balaban J connectivity index is 1.42. The van der Waals surface area contributed by atoms with Gasteiger partial charge in [0, 0.05) is 12.3 Å². The first-order valence-corrected chi connectivity index (χ1v) is 10.4. The van der Waals surface area contributed by atoms with Gasteiger partial charge in [0.1, 0.15) is 0 Å². The van der Waals surface area contributed by atoms with Gasteiger partial charge in [-0.15, -0.1) is 5.10 Å². The molecule has 29 heavy (non-hydrogen) atoms. The molecule has 1 saturated carbocycles. The lowest BCUT2D eigenvalue weighted by Gasteiger charge is -2.22. The highest BCUT2D eigenvalue weighted by Gasteiger charge is 2.21. The number of tetrazole rings is 1. The lowest BCUT2D eigenvalue weighted by atomic mass is 9.88. The SMILES string of the molecule is O=C(CC(c1ccccc1)c1ccccc1)NCc1nnnn1C1CCCCC1. The lowest BCUT2D eigenvalue weighted by molar-refractivity contribution is -0.121. The highest BCUT2D eigenvalue weighted by atomic mass is 16.1. The van der Waals surface area contributed by atoms with Gasteiger partial charge in [-0.2, -0.15) is 0 Å². The summed E-state index contributed by atoms with van der Waals surface area (Å²) in [5.74, 6) is 0.758. The van der Waals surface area contributed by atoms with Gasteiger partial charge >= 0.3 is 0 Å². The van der Waals surface area contributed by atoms with E-state index in [1.807, 2.05) is 41.1 Å². The number of nitrogens with one attached hydrogen (secondary N) is 1. The molecule has 150 valence electrons. The molecule has 6 heteroatoms. The number of aromatic nitrogens is 4.